The highest BCUT2D eigenvalue weighted by molar-refractivity contribution is 6.30. The lowest BCUT2D eigenvalue weighted by Crippen LogP contribution is -2.14. The van der Waals surface area contributed by atoms with Crippen LogP contribution in [0.15, 0.2) is 41.3 Å². The number of halogens is 1. The molecule has 1 aromatic carbocycles. The van der Waals surface area contributed by atoms with Gasteiger partial charge in [-0.3, -0.25) is 9.20 Å². The molecular formula is C19H22ClN3O. The summed E-state index contributed by atoms with van der Waals surface area (Å²) >= 11 is 5.95. The molecule has 0 saturated carbocycles. The first-order valence-electron chi connectivity index (χ1n) is 8.51. The van der Waals surface area contributed by atoms with Gasteiger partial charge in [0.15, 0.2) is 0 Å². The smallest absolute Gasteiger partial charge is 0.259 e. The standard InChI is InChI=1S/C19H22ClN3O/c1-3-5-6-11-22-16(4-2)13-23-18(24)12-17(21-19(22)23)14-7-9-15(20)10-8-14/h7-10,12-13H,3-6,11H2,1-2H3. The van der Waals surface area contributed by atoms with Crippen molar-refractivity contribution in [3.8, 4) is 11.3 Å². The van der Waals surface area contributed by atoms with E-state index in [1.165, 1.54) is 12.8 Å². The summed E-state index contributed by atoms with van der Waals surface area (Å²) in [5, 5.41) is 0.674. The number of hydrogen-bond donors (Lipinski definition) is 0. The number of nitrogens with zero attached hydrogens (tertiary/aromatic N) is 3. The molecule has 0 aliphatic heterocycles. The first-order valence-corrected chi connectivity index (χ1v) is 8.89. The van der Waals surface area contributed by atoms with Crippen molar-refractivity contribution in [3.63, 3.8) is 0 Å². The summed E-state index contributed by atoms with van der Waals surface area (Å²) in [7, 11) is 0. The summed E-state index contributed by atoms with van der Waals surface area (Å²) < 4.78 is 3.83. The van der Waals surface area contributed by atoms with Crippen LogP contribution in [-0.4, -0.2) is 14.0 Å². The number of aryl methyl sites for hydroxylation is 2. The molecule has 126 valence electrons. The Hall–Kier alpha value is -2.07. The van der Waals surface area contributed by atoms with Crippen molar-refractivity contribution in [2.75, 3.05) is 0 Å². The van der Waals surface area contributed by atoms with Crippen LogP contribution in [0.5, 0.6) is 0 Å². The maximum atomic E-state index is 12.5. The van der Waals surface area contributed by atoms with Crippen molar-refractivity contribution in [2.24, 2.45) is 0 Å². The number of benzene rings is 1. The van der Waals surface area contributed by atoms with Gasteiger partial charge >= 0.3 is 0 Å². The average molecular weight is 344 g/mol. The third kappa shape index (κ3) is 3.24. The molecule has 0 spiro atoms. The van der Waals surface area contributed by atoms with Crippen LogP contribution in [0.4, 0.5) is 0 Å². The molecular weight excluding hydrogens is 322 g/mol. The van der Waals surface area contributed by atoms with Gasteiger partial charge in [0.25, 0.3) is 5.56 Å². The lowest BCUT2D eigenvalue weighted by molar-refractivity contribution is 0.595. The van der Waals surface area contributed by atoms with E-state index in [0.29, 0.717) is 10.7 Å². The average Bonchev–Trinajstić information content (AvgIpc) is 2.94. The second kappa shape index (κ2) is 7.22. The van der Waals surface area contributed by atoms with Crippen LogP contribution in [0, 0.1) is 0 Å². The molecule has 0 aliphatic carbocycles. The summed E-state index contributed by atoms with van der Waals surface area (Å²) in [6.07, 6.45) is 6.24. The third-order valence-electron chi connectivity index (χ3n) is 4.29. The molecule has 2 heterocycles. The monoisotopic (exact) mass is 343 g/mol. The third-order valence-corrected chi connectivity index (χ3v) is 4.54. The van der Waals surface area contributed by atoms with Crippen molar-refractivity contribution in [1.29, 1.82) is 0 Å². The normalized spacial score (nSPS) is 11.3. The Kier molecular flexibility index (Phi) is 5.05. The maximum absolute atomic E-state index is 12.5. The summed E-state index contributed by atoms with van der Waals surface area (Å²) in [4.78, 5) is 17.3. The van der Waals surface area contributed by atoms with Crippen LogP contribution in [0.3, 0.4) is 0 Å². The van der Waals surface area contributed by atoms with Gasteiger partial charge in [-0.05, 0) is 25.0 Å². The van der Waals surface area contributed by atoms with E-state index in [1.807, 2.05) is 30.5 Å². The minimum Gasteiger partial charge on any atom is -0.314 e. The Morgan fingerprint density at radius 1 is 1.12 bits per heavy atom. The summed E-state index contributed by atoms with van der Waals surface area (Å²) in [5.74, 6) is 0.723. The molecule has 0 saturated heterocycles. The molecule has 0 aliphatic rings. The lowest BCUT2D eigenvalue weighted by atomic mass is 10.1. The van der Waals surface area contributed by atoms with Crippen LogP contribution in [-0.2, 0) is 13.0 Å². The molecule has 4 nitrogen and oxygen atoms in total. The Morgan fingerprint density at radius 2 is 1.88 bits per heavy atom. The number of imidazole rings is 1. The fourth-order valence-electron chi connectivity index (χ4n) is 2.95. The Bertz CT molecular complexity index is 893. The van der Waals surface area contributed by atoms with Crippen LogP contribution in [0.25, 0.3) is 17.0 Å². The first-order chi connectivity index (χ1) is 11.6. The zero-order chi connectivity index (χ0) is 17.1. The van der Waals surface area contributed by atoms with Gasteiger partial charge in [0, 0.05) is 35.1 Å². The molecule has 0 N–H and O–H groups in total. The van der Waals surface area contributed by atoms with Crippen molar-refractivity contribution in [1.82, 2.24) is 14.0 Å². The second-order valence-corrected chi connectivity index (χ2v) is 6.43. The van der Waals surface area contributed by atoms with Gasteiger partial charge in [-0.25, -0.2) is 4.98 Å². The molecule has 0 unspecified atom stereocenters. The van der Waals surface area contributed by atoms with Crippen LogP contribution >= 0.6 is 11.6 Å². The minimum absolute atomic E-state index is 0.0473. The van der Waals surface area contributed by atoms with E-state index in [4.69, 9.17) is 16.6 Å². The van der Waals surface area contributed by atoms with E-state index in [9.17, 15) is 4.79 Å². The van der Waals surface area contributed by atoms with Crippen LogP contribution < -0.4 is 5.56 Å². The molecule has 0 radical (unpaired) electrons. The Labute approximate surface area is 146 Å². The summed E-state index contributed by atoms with van der Waals surface area (Å²) in [6, 6.07) is 9.01. The molecule has 0 amide bonds. The van der Waals surface area contributed by atoms with E-state index in [-0.39, 0.29) is 5.56 Å². The summed E-state index contributed by atoms with van der Waals surface area (Å²) in [6.45, 7) is 5.19. The number of unbranched alkanes of at least 4 members (excludes halogenated alkanes) is 2. The Balaban J connectivity index is 2.12. The molecule has 0 fully saturated rings. The van der Waals surface area contributed by atoms with E-state index < -0.39 is 0 Å². The molecule has 0 bridgehead atoms. The van der Waals surface area contributed by atoms with Gasteiger partial charge in [0.05, 0.1) is 5.69 Å². The zero-order valence-corrected chi connectivity index (χ0v) is 14.9. The molecule has 3 rings (SSSR count). The fourth-order valence-corrected chi connectivity index (χ4v) is 3.08. The topological polar surface area (TPSA) is 39.3 Å². The van der Waals surface area contributed by atoms with Crippen LogP contribution in [0.1, 0.15) is 38.8 Å². The van der Waals surface area contributed by atoms with Crippen molar-refractivity contribution >= 4 is 17.4 Å². The van der Waals surface area contributed by atoms with Gasteiger partial charge in [0.2, 0.25) is 5.78 Å². The number of fused-ring (bicyclic) bond motifs is 1. The van der Waals surface area contributed by atoms with Gasteiger partial charge in [-0.2, -0.15) is 0 Å². The van der Waals surface area contributed by atoms with Gasteiger partial charge in [0.1, 0.15) is 0 Å². The highest BCUT2D eigenvalue weighted by Gasteiger charge is 2.12. The lowest BCUT2D eigenvalue weighted by Gasteiger charge is -2.08. The van der Waals surface area contributed by atoms with Crippen LogP contribution in [0.2, 0.25) is 5.02 Å². The molecule has 5 heteroatoms. The van der Waals surface area contributed by atoms with E-state index in [1.54, 1.807) is 10.5 Å². The SMILES string of the molecule is CCCCCn1c(CC)cn2c(=O)cc(-c3ccc(Cl)cc3)nc12. The van der Waals surface area contributed by atoms with Gasteiger partial charge < -0.3 is 4.57 Å². The predicted molar refractivity (Wildman–Crippen MR) is 98.8 cm³/mol. The van der Waals surface area contributed by atoms with Crippen molar-refractivity contribution in [3.05, 3.63) is 57.6 Å². The molecule has 3 aromatic rings. The largest absolute Gasteiger partial charge is 0.314 e. The molecule has 2 aromatic heterocycles. The Morgan fingerprint density at radius 3 is 2.54 bits per heavy atom. The second-order valence-electron chi connectivity index (χ2n) is 5.99. The maximum Gasteiger partial charge on any atom is 0.259 e. The van der Waals surface area contributed by atoms with Crippen molar-refractivity contribution < 1.29 is 0 Å². The number of hydrogen-bond acceptors (Lipinski definition) is 2. The van der Waals surface area contributed by atoms with Crippen molar-refractivity contribution in [2.45, 2.75) is 46.1 Å². The minimum atomic E-state index is -0.0473. The van der Waals surface area contributed by atoms with E-state index in [0.717, 1.165) is 36.4 Å². The molecule has 0 atom stereocenters. The predicted octanol–water partition coefficient (Wildman–Crippen LogP) is 4.57. The first kappa shape index (κ1) is 16.8. The number of rotatable bonds is 6. The highest BCUT2D eigenvalue weighted by Crippen LogP contribution is 2.20. The summed E-state index contributed by atoms with van der Waals surface area (Å²) in [5.41, 5.74) is 2.69. The quantitative estimate of drug-likeness (QED) is 0.615. The van der Waals surface area contributed by atoms with Gasteiger partial charge in [-0.15, -0.1) is 0 Å². The zero-order valence-electron chi connectivity index (χ0n) is 14.1. The van der Waals surface area contributed by atoms with E-state index in [2.05, 4.69) is 18.4 Å². The molecule has 24 heavy (non-hydrogen) atoms. The van der Waals surface area contributed by atoms with Gasteiger partial charge in [-0.1, -0.05) is 50.4 Å². The highest BCUT2D eigenvalue weighted by atomic mass is 35.5. The van der Waals surface area contributed by atoms with E-state index >= 15 is 0 Å². The number of aromatic nitrogens is 3. The fraction of sp³-hybridized carbons (Fsp3) is 0.368.